The van der Waals surface area contributed by atoms with Crippen molar-refractivity contribution in [2.45, 2.75) is 6.92 Å². The average Bonchev–Trinajstić information content (AvgIpc) is 2.32. The van der Waals surface area contributed by atoms with E-state index in [0.717, 1.165) is 17.7 Å². The number of aryl methyl sites for hydroxylation is 1. The molecule has 2 aromatic carbocycles. The largest absolute Gasteiger partial charge is 0.506 e. The first-order valence-electron chi connectivity index (χ1n) is 5.53. The van der Waals surface area contributed by atoms with Gasteiger partial charge in [0.15, 0.2) is 0 Å². The lowest BCUT2D eigenvalue weighted by Gasteiger charge is -2.08. The summed E-state index contributed by atoms with van der Waals surface area (Å²) in [5.74, 6) is -2.58. The van der Waals surface area contributed by atoms with Crippen LogP contribution in [-0.4, -0.2) is 11.0 Å². The van der Waals surface area contributed by atoms with Crippen molar-refractivity contribution in [3.63, 3.8) is 0 Å². The van der Waals surface area contributed by atoms with Gasteiger partial charge in [-0.3, -0.25) is 4.79 Å². The van der Waals surface area contributed by atoms with Crippen molar-refractivity contribution in [1.82, 2.24) is 0 Å². The van der Waals surface area contributed by atoms with Gasteiger partial charge < -0.3 is 10.4 Å². The van der Waals surface area contributed by atoms with Gasteiger partial charge in [0.05, 0.1) is 11.3 Å². The Balaban J connectivity index is 2.25. The zero-order chi connectivity index (χ0) is 14.0. The predicted molar refractivity (Wildman–Crippen MR) is 67.2 cm³/mol. The fraction of sp³-hybridized carbons (Fsp3) is 0.0714. The van der Waals surface area contributed by atoms with Gasteiger partial charge in [-0.15, -0.1) is 0 Å². The molecule has 2 aromatic rings. The molecule has 2 rings (SSSR count). The number of aromatic hydroxyl groups is 1. The Labute approximate surface area is 108 Å². The number of benzene rings is 2. The maximum atomic E-state index is 13.4. The summed E-state index contributed by atoms with van der Waals surface area (Å²) in [5, 5.41) is 12.0. The van der Waals surface area contributed by atoms with Crippen molar-refractivity contribution < 1.29 is 18.7 Å². The van der Waals surface area contributed by atoms with Crippen LogP contribution in [0.2, 0.25) is 0 Å². The lowest BCUT2D eigenvalue weighted by molar-refractivity contribution is 0.102. The van der Waals surface area contributed by atoms with E-state index in [0.29, 0.717) is 6.07 Å². The van der Waals surface area contributed by atoms with E-state index in [-0.39, 0.29) is 17.0 Å². The summed E-state index contributed by atoms with van der Waals surface area (Å²) in [5.41, 5.74) is 0.698. The maximum Gasteiger partial charge on any atom is 0.258 e. The fourth-order valence-electron chi connectivity index (χ4n) is 1.61. The lowest BCUT2D eigenvalue weighted by atomic mass is 10.1. The van der Waals surface area contributed by atoms with Crippen LogP contribution in [0.5, 0.6) is 5.75 Å². The molecule has 2 N–H and O–H groups in total. The minimum atomic E-state index is -0.955. The van der Waals surface area contributed by atoms with Crippen molar-refractivity contribution in [1.29, 1.82) is 0 Å². The highest BCUT2D eigenvalue weighted by molar-refractivity contribution is 6.05. The smallest absolute Gasteiger partial charge is 0.258 e. The Kier molecular flexibility index (Phi) is 3.46. The predicted octanol–water partition coefficient (Wildman–Crippen LogP) is 3.23. The summed E-state index contributed by atoms with van der Waals surface area (Å²) >= 11 is 0. The van der Waals surface area contributed by atoms with Crippen LogP contribution in [0.1, 0.15) is 15.9 Å². The van der Waals surface area contributed by atoms with Crippen LogP contribution >= 0.6 is 0 Å². The van der Waals surface area contributed by atoms with Gasteiger partial charge in [-0.1, -0.05) is 6.07 Å². The number of hydrogen-bond donors (Lipinski definition) is 2. The number of amides is 1. The van der Waals surface area contributed by atoms with Crippen LogP contribution in [0.15, 0.2) is 36.4 Å². The zero-order valence-electron chi connectivity index (χ0n) is 10.1. The SMILES string of the molecule is Cc1ccc(NC(=O)c2ccc(F)cc2F)c(O)c1. The van der Waals surface area contributed by atoms with Gasteiger partial charge in [0.1, 0.15) is 17.4 Å². The van der Waals surface area contributed by atoms with Gasteiger partial charge in [-0.05, 0) is 36.8 Å². The molecule has 5 heteroatoms. The maximum absolute atomic E-state index is 13.4. The van der Waals surface area contributed by atoms with Crippen molar-refractivity contribution in [3.8, 4) is 5.75 Å². The van der Waals surface area contributed by atoms with E-state index < -0.39 is 17.5 Å². The third-order valence-electron chi connectivity index (χ3n) is 2.58. The van der Waals surface area contributed by atoms with E-state index in [1.54, 1.807) is 13.0 Å². The topological polar surface area (TPSA) is 49.3 Å². The lowest BCUT2D eigenvalue weighted by Crippen LogP contribution is -2.14. The Morgan fingerprint density at radius 2 is 1.89 bits per heavy atom. The molecule has 3 nitrogen and oxygen atoms in total. The molecule has 0 saturated heterocycles. The standard InChI is InChI=1S/C14H11F2NO2/c1-8-2-5-12(13(18)6-8)17-14(19)10-4-3-9(15)7-11(10)16/h2-7,18H,1H3,(H,17,19). The Hall–Kier alpha value is -2.43. The normalized spacial score (nSPS) is 10.3. The summed E-state index contributed by atoms with van der Waals surface area (Å²) in [6.45, 7) is 1.78. The monoisotopic (exact) mass is 263 g/mol. The second kappa shape index (κ2) is 5.06. The van der Waals surface area contributed by atoms with Crippen molar-refractivity contribution in [3.05, 3.63) is 59.2 Å². The number of carbonyl (C=O) groups excluding carboxylic acids is 1. The molecule has 0 atom stereocenters. The van der Waals surface area contributed by atoms with E-state index in [1.165, 1.54) is 12.1 Å². The first-order chi connectivity index (χ1) is 8.97. The number of nitrogens with one attached hydrogen (secondary N) is 1. The second-order valence-corrected chi connectivity index (χ2v) is 4.10. The van der Waals surface area contributed by atoms with E-state index in [9.17, 15) is 18.7 Å². The summed E-state index contributed by atoms with van der Waals surface area (Å²) in [6.07, 6.45) is 0. The molecule has 98 valence electrons. The van der Waals surface area contributed by atoms with E-state index in [4.69, 9.17) is 0 Å². The molecule has 0 radical (unpaired) electrons. The van der Waals surface area contributed by atoms with Gasteiger partial charge >= 0.3 is 0 Å². The number of carbonyl (C=O) groups is 1. The van der Waals surface area contributed by atoms with Crippen molar-refractivity contribution in [2.75, 3.05) is 5.32 Å². The second-order valence-electron chi connectivity index (χ2n) is 4.10. The highest BCUT2D eigenvalue weighted by atomic mass is 19.1. The summed E-state index contributed by atoms with van der Waals surface area (Å²) < 4.78 is 26.1. The Morgan fingerprint density at radius 3 is 2.53 bits per heavy atom. The number of phenolic OH excluding ortho intramolecular Hbond substituents is 1. The summed E-state index contributed by atoms with van der Waals surface area (Å²) in [7, 11) is 0. The van der Waals surface area contributed by atoms with Gasteiger partial charge in [0, 0.05) is 6.07 Å². The van der Waals surface area contributed by atoms with Crippen molar-refractivity contribution in [2.24, 2.45) is 0 Å². The number of rotatable bonds is 2. The summed E-state index contributed by atoms with van der Waals surface area (Å²) in [4.78, 5) is 11.8. The summed E-state index contributed by atoms with van der Waals surface area (Å²) in [6, 6.07) is 7.33. The molecule has 0 unspecified atom stereocenters. The van der Waals surface area contributed by atoms with Crippen LogP contribution < -0.4 is 5.32 Å². The third kappa shape index (κ3) is 2.88. The van der Waals surface area contributed by atoms with Gasteiger partial charge in [0.2, 0.25) is 0 Å². The van der Waals surface area contributed by atoms with Gasteiger partial charge in [-0.2, -0.15) is 0 Å². The molecule has 0 aromatic heterocycles. The van der Waals surface area contributed by atoms with Crippen molar-refractivity contribution >= 4 is 11.6 Å². The molecule has 0 spiro atoms. The molecule has 1 amide bonds. The first-order valence-corrected chi connectivity index (χ1v) is 5.53. The van der Waals surface area contributed by atoms with Crippen LogP contribution in [0.3, 0.4) is 0 Å². The van der Waals surface area contributed by atoms with Crippen LogP contribution in [0.25, 0.3) is 0 Å². The van der Waals surface area contributed by atoms with Crippen LogP contribution in [-0.2, 0) is 0 Å². The molecule has 0 saturated carbocycles. The first kappa shape index (κ1) is 13.0. The molecular weight excluding hydrogens is 252 g/mol. The fourth-order valence-corrected chi connectivity index (χ4v) is 1.61. The van der Waals surface area contributed by atoms with Crippen LogP contribution in [0, 0.1) is 18.6 Å². The molecule has 0 bridgehead atoms. The molecule has 0 aliphatic heterocycles. The van der Waals surface area contributed by atoms with Gasteiger partial charge in [0.25, 0.3) is 5.91 Å². The molecule has 0 heterocycles. The highest BCUT2D eigenvalue weighted by Gasteiger charge is 2.14. The average molecular weight is 263 g/mol. The Morgan fingerprint density at radius 1 is 1.16 bits per heavy atom. The van der Waals surface area contributed by atoms with E-state index in [2.05, 4.69) is 5.32 Å². The number of phenols is 1. The quantitative estimate of drug-likeness (QED) is 0.817. The van der Waals surface area contributed by atoms with E-state index >= 15 is 0 Å². The molecule has 0 fully saturated rings. The third-order valence-corrected chi connectivity index (χ3v) is 2.58. The number of hydrogen-bond acceptors (Lipinski definition) is 2. The number of anilines is 1. The number of halogens is 2. The molecular formula is C14H11F2NO2. The molecule has 0 aliphatic rings. The molecule has 19 heavy (non-hydrogen) atoms. The minimum Gasteiger partial charge on any atom is -0.506 e. The van der Waals surface area contributed by atoms with E-state index in [1.807, 2.05) is 0 Å². The molecule has 0 aliphatic carbocycles. The van der Waals surface area contributed by atoms with Gasteiger partial charge in [-0.25, -0.2) is 8.78 Å². The zero-order valence-corrected chi connectivity index (χ0v) is 10.1. The minimum absolute atomic E-state index is 0.115. The Bertz CT molecular complexity index is 641. The highest BCUT2D eigenvalue weighted by Crippen LogP contribution is 2.24. The van der Waals surface area contributed by atoms with Crippen LogP contribution in [0.4, 0.5) is 14.5 Å².